The molecule has 0 rings (SSSR count). The molecule has 0 bridgehead atoms. The Bertz CT molecular complexity index is 110. The topological polar surface area (TPSA) is 26.0 Å². The van der Waals surface area contributed by atoms with Crippen LogP contribution in [0.2, 0.25) is 0 Å². The molecule has 0 aliphatic carbocycles. The van der Waals surface area contributed by atoms with Crippen molar-refractivity contribution in [2.45, 2.75) is 78.1 Å². The van der Waals surface area contributed by atoms with Crippen LogP contribution in [0.5, 0.6) is 0 Å². The number of hydrogen-bond donors (Lipinski definition) is 1. The highest BCUT2D eigenvalue weighted by Crippen LogP contribution is 2.12. The van der Waals surface area contributed by atoms with E-state index in [1.165, 1.54) is 64.2 Å². The second-order valence-electron chi connectivity index (χ2n) is 5.15. The van der Waals surface area contributed by atoms with Gasteiger partial charge in [0.2, 0.25) is 0 Å². The molecule has 0 aliphatic heterocycles. The molecule has 0 atom stereocenters. The first-order valence-electron chi connectivity index (χ1n) is 6.97. The summed E-state index contributed by atoms with van der Waals surface area (Å²) in [5.74, 6) is 0.890. The predicted molar refractivity (Wildman–Crippen MR) is 70.1 cm³/mol. The molecule has 15 heavy (non-hydrogen) atoms. The Balaban J connectivity index is 2.87. The van der Waals surface area contributed by atoms with Crippen molar-refractivity contribution in [1.29, 1.82) is 0 Å². The normalized spacial score (nSPS) is 11.2. The number of nitrogens with two attached hydrogens (primary N) is 1. The molecule has 0 saturated heterocycles. The lowest BCUT2D eigenvalue weighted by Crippen LogP contribution is -1.97. The number of hydrogen-bond acceptors (Lipinski definition) is 1. The third kappa shape index (κ3) is 14.0. The van der Waals surface area contributed by atoms with E-state index >= 15 is 0 Å². The quantitative estimate of drug-likeness (QED) is 0.502. The molecule has 0 saturated carbocycles. The van der Waals surface area contributed by atoms with Gasteiger partial charge >= 0.3 is 0 Å². The van der Waals surface area contributed by atoms with Crippen LogP contribution in [0, 0.1) is 5.92 Å². The van der Waals surface area contributed by atoms with E-state index in [0.29, 0.717) is 0 Å². The highest BCUT2D eigenvalue weighted by atomic mass is 14.5. The van der Waals surface area contributed by atoms with Crippen molar-refractivity contribution in [3.05, 3.63) is 0 Å². The summed E-state index contributed by atoms with van der Waals surface area (Å²) < 4.78 is 0. The minimum Gasteiger partial charge on any atom is -0.330 e. The Labute approximate surface area is 96.8 Å². The zero-order valence-electron chi connectivity index (χ0n) is 10.9. The summed E-state index contributed by atoms with van der Waals surface area (Å²) in [6.07, 6.45) is 14.0. The van der Waals surface area contributed by atoms with E-state index in [2.05, 4.69) is 13.8 Å². The number of unbranched alkanes of at least 4 members (excludes halogenated alkanes) is 8. The molecule has 1 heteroatoms. The maximum atomic E-state index is 5.45. The molecule has 0 spiro atoms. The first-order valence-corrected chi connectivity index (χ1v) is 6.97. The Kier molecular flexibility index (Phi) is 12.0. The van der Waals surface area contributed by atoms with Crippen molar-refractivity contribution < 1.29 is 0 Å². The van der Waals surface area contributed by atoms with Crippen molar-refractivity contribution in [2.24, 2.45) is 11.7 Å². The van der Waals surface area contributed by atoms with Crippen LogP contribution in [0.3, 0.4) is 0 Å². The van der Waals surface area contributed by atoms with E-state index in [0.717, 1.165) is 12.5 Å². The van der Waals surface area contributed by atoms with Gasteiger partial charge in [-0.2, -0.15) is 0 Å². The van der Waals surface area contributed by atoms with Gasteiger partial charge in [-0.15, -0.1) is 0 Å². The van der Waals surface area contributed by atoms with Gasteiger partial charge in [-0.3, -0.25) is 0 Å². The molecule has 0 amide bonds. The number of rotatable bonds is 11. The SMILES string of the molecule is CC(C)CCCCCCCCCCCN. The smallest absolute Gasteiger partial charge is 0.00773 e. The second kappa shape index (κ2) is 12.0. The monoisotopic (exact) mass is 213 g/mol. The van der Waals surface area contributed by atoms with Gasteiger partial charge in [-0.05, 0) is 18.9 Å². The molecule has 92 valence electrons. The van der Waals surface area contributed by atoms with Crippen molar-refractivity contribution in [1.82, 2.24) is 0 Å². The molecular formula is C14H31N. The Hall–Kier alpha value is -0.0400. The van der Waals surface area contributed by atoms with Crippen molar-refractivity contribution in [3.63, 3.8) is 0 Å². The summed E-state index contributed by atoms with van der Waals surface area (Å²) in [7, 11) is 0. The fraction of sp³-hybridized carbons (Fsp3) is 1.00. The average Bonchev–Trinajstić information content (AvgIpc) is 2.20. The Morgan fingerprint density at radius 1 is 0.667 bits per heavy atom. The molecule has 0 unspecified atom stereocenters. The lowest BCUT2D eigenvalue weighted by Gasteiger charge is -2.04. The third-order valence-corrected chi connectivity index (χ3v) is 2.99. The molecule has 2 N–H and O–H groups in total. The minimum absolute atomic E-state index is 0.870. The third-order valence-electron chi connectivity index (χ3n) is 2.99. The highest BCUT2D eigenvalue weighted by Gasteiger charge is 1.94. The van der Waals surface area contributed by atoms with Gasteiger partial charge in [-0.25, -0.2) is 0 Å². The molecule has 0 aromatic rings. The molecule has 0 aromatic carbocycles. The van der Waals surface area contributed by atoms with Gasteiger partial charge in [0.05, 0.1) is 0 Å². The predicted octanol–water partition coefficient (Wildman–Crippen LogP) is 4.50. The van der Waals surface area contributed by atoms with Crippen LogP contribution in [0.4, 0.5) is 0 Å². The minimum atomic E-state index is 0.870. The first kappa shape index (κ1) is 15.0. The Morgan fingerprint density at radius 2 is 1.07 bits per heavy atom. The largest absolute Gasteiger partial charge is 0.330 e. The van der Waals surface area contributed by atoms with Crippen LogP contribution in [-0.4, -0.2) is 6.54 Å². The Morgan fingerprint density at radius 3 is 1.47 bits per heavy atom. The lowest BCUT2D eigenvalue weighted by atomic mass is 10.0. The zero-order chi connectivity index (χ0) is 11.4. The highest BCUT2D eigenvalue weighted by molar-refractivity contribution is 4.50. The standard InChI is InChI=1S/C14H31N/c1-14(2)12-10-8-6-4-3-5-7-9-11-13-15/h14H,3-13,15H2,1-2H3. The van der Waals surface area contributed by atoms with Crippen LogP contribution in [0.25, 0.3) is 0 Å². The van der Waals surface area contributed by atoms with E-state index in [-0.39, 0.29) is 0 Å². The van der Waals surface area contributed by atoms with E-state index in [4.69, 9.17) is 5.73 Å². The molecule has 0 aliphatic rings. The molecular weight excluding hydrogens is 182 g/mol. The maximum absolute atomic E-state index is 5.45. The molecule has 0 heterocycles. The fourth-order valence-electron chi connectivity index (χ4n) is 1.93. The molecule has 1 nitrogen and oxygen atoms in total. The van der Waals surface area contributed by atoms with Gasteiger partial charge in [0, 0.05) is 0 Å². The summed E-state index contributed by atoms with van der Waals surface area (Å²) >= 11 is 0. The van der Waals surface area contributed by atoms with Crippen LogP contribution in [0.1, 0.15) is 78.1 Å². The van der Waals surface area contributed by atoms with Crippen LogP contribution >= 0.6 is 0 Å². The van der Waals surface area contributed by atoms with E-state index in [1.54, 1.807) is 0 Å². The van der Waals surface area contributed by atoms with Gasteiger partial charge in [0.15, 0.2) is 0 Å². The molecule has 0 fully saturated rings. The maximum Gasteiger partial charge on any atom is -0.00773 e. The van der Waals surface area contributed by atoms with Gasteiger partial charge in [0.1, 0.15) is 0 Å². The summed E-state index contributed by atoms with van der Waals surface area (Å²) in [5.41, 5.74) is 5.45. The van der Waals surface area contributed by atoms with E-state index in [1.807, 2.05) is 0 Å². The van der Waals surface area contributed by atoms with Gasteiger partial charge in [0.25, 0.3) is 0 Å². The van der Waals surface area contributed by atoms with Crippen LogP contribution in [0.15, 0.2) is 0 Å². The van der Waals surface area contributed by atoms with Crippen molar-refractivity contribution in [3.8, 4) is 0 Å². The lowest BCUT2D eigenvalue weighted by molar-refractivity contribution is 0.506. The van der Waals surface area contributed by atoms with E-state index in [9.17, 15) is 0 Å². The second-order valence-corrected chi connectivity index (χ2v) is 5.15. The first-order chi connectivity index (χ1) is 7.27. The summed E-state index contributed by atoms with van der Waals surface area (Å²) in [5, 5.41) is 0. The summed E-state index contributed by atoms with van der Waals surface area (Å²) in [4.78, 5) is 0. The summed E-state index contributed by atoms with van der Waals surface area (Å²) in [6, 6.07) is 0. The van der Waals surface area contributed by atoms with E-state index < -0.39 is 0 Å². The van der Waals surface area contributed by atoms with Crippen LogP contribution in [-0.2, 0) is 0 Å². The molecule has 0 radical (unpaired) electrons. The fourth-order valence-corrected chi connectivity index (χ4v) is 1.93. The van der Waals surface area contributed by atoms with Crippen molar-refractivity contribution >= 4 is 0 Å². The summed E-state index contributed by atoms with van der Waals surface area (Å²) in [6.45, 7) is 5.50. The zero-order valence-corrected chi connectivity index (χ0v) is 10.9. The van der Waals surface area contributed by atoms with Crippen molar-refractivity contribution in [2.75, 3.05) is 6.54 Å². The van der Waals surface area contributed by atoms with Gasteiger partial charge < -0.3 is 5.73 Å². The van der Waals surface area contributed by atoms with Gasteiger partial charge in [-0.1, -0.05) is 71.6 Å². The molecule has 0 aromatic heterocycles. The average molecular weight is 213 g/mol. The van der Waals surface area contributed by atoms with Crippen LogP contribution < -0.4 is 5.73 Å².